The number of nitrogens with one attached hydrogen (secondary N) is 3. The molecule has 0 radical (unpaired) electrons. The first-order valence-corrected chi connectivity index (χ1v) is 8.00. The lowest BCUT2D eigenvalue weighted by molar-refractivity contribution is 0.0910. The average Bonchev–Trinajstić information content (AvgIpc) is 2.96. The molecule has 6 nitrogen and oxygen atoms in total. The molecule has 1 aromatic heterocycles. The van der Waals surface area contributed by atoms with Gasteiger partial charge in [-0.2, -0.15) is 5.10 Å². The van der Waals surface area contributed by atoms with Gasteiger partial charge in [-0.1, -0.05) is 29.3 Å². The van der Waals surface area contributed by atoms with Crippen LogP contribution in [0.2, 0.25) is 10.0 Å². The molecule has 2 aromatic rings. The Morgan fingerprint density at radius 1 is 1.38 bits per heavy atom. The van der Waals surface area contributed by atoms with E-state index in [-0.39, 0.29) is 24.9 Å². The van der Waals surface area contributed by atoms with Crippen LogP contribution in [0.4, 0.5) is 0 Å². The summed E-state index contributed by atoms with van der Waals surface area (Å²) in [6.07, 6.45) is -0.180. The zero-order valence-corrected chi connectivity index (χ0v) is 14.9. The van der Waals surface area contributed by atoms with Gasteiger partial charge in [0.2, 0.25) is 0 Å². The Morgan fingerprint density at radius 2 is 2.08 bits per heavy atom. The van der Waals surface area contributed by atoms with E-state index in [2.05, 4.69) is 20.8 Å². The molecule has 0 spiro atoms. The van der Waals surface area contributed by atoms with E-state index in [1.807, 2.05) is 0 Å². The van der Waals surface area contributed by atoms with Gasteiger partial charge in [0.1, 0.15) is 0 Å². The topological polar surface area (TPSA) is 90.0 Å². The molecule has 4 N–H and O–H groups in total. The van der Waals surface area contributed by atoms with E-state index in [0.717, 1.165) is 24.2 Å². The Bertz CT molecular complexity index is 715. The third kappa shape index (κ3) is 3.84. The fourth-order valence-corrected chi connectivity index (χ4v) is 3.27. The number of benzene rings is 1. The van der Waals surface area contributed by atoms with Crippen molar-refractivity contribution in [3.8, 4) is 0 Å². The summed E-state index contributed by atoms with van der Waals surface area (Å²) in [4.78, 5) is 12.3. The Morgan fingerprint density at radius 3 is 2.79 bits per heavy atom. The van der Waals surface area contributed by atoms with E-state index in [0.29, 0.717) is 27.8 Å². The maximum absolute atomic E-state index is 12.3. The molecular formula is C15H17Cl3N4O2. The van der Waals surface area contributed by atoms with Gasteiger partial charge in [-0.15, -0.1) is 12.4 Å². The van der Waals surface area contributed by atoms with Gasteiger partial charge < -0.3 is 15.7 Å². The summed E-state index contributed by atoms with van der Waals surface area (Å²) >= 11 is 12.1. The van der Waals surface area contributed by atoms with Crippen molar-refractivity contribution in [3.05, 3.63) is 50.8 Å². The highest BCUT2D eigenvalue weighted by atomic mass is 35.5. The summed E-state index contributed by atoms with van der Waals surface area (Å²) in [5.41, 5.74) is 2.61. The van der Waals surface area contributed by atoms with Crippen LogP contribution in [0.3, 0.4) is 0 Å². The Hall–Kier alpha value is -1.31. The second-order valence-electron chi connectivity index (χ2n) is 5.32. The SMILES string of the molecule is Cl.O=C(NCC(O)c1c(Cl)cccc1Cl)c1n[nH]c2c1CNCC2. The van der Waals surface area contributed by atoms with E-state index < -0.39 is 6.10 Å². The summed E-state index contributed by atoms with van der Waals surface area (Å²) in [5, 5.41) is 23.8. The first-order valence-electron chi connectivity index (χ1n) is 7.25. The molecule has 1 unspecified atom stereocenters. The maximum atomic E-state index is 12.3. The van der Waals surface area contributed by atoms with Gasteiger partial charge >= 0.3 is 0 Å². The molecule has 0 bridgehead atoms. The Balaban J connectivity index is 0.00000208. The van der Waals surface area contributed by atoms with Gasteiger partial charge in [-0.05, 0) is 12.1 Å². The molecule has 0 saturated heterocycles. The van der Waals surface area contributed by atoms with E-state index in [1.165, 1.54) is 0 Å². The number of hydrogen-bond donors (Lipinski definition) is 4. The molecule has 1 aliphatic heterocycles. The van der Waals surface area contributed by atoms with Crippen LogP contribution in [-0.2, 0) is 13.0 Å². The molecule has 1 aromatic carbocycles. The van der Waals surface area contributed by atoms with Crippen LogP contribution >= 0.6 is 35.6 Å². The van der Waals surface area contributed by atoms with Crippen molar-refractivity contribution >= 4 is 41.5 Å². The molecule has 1 atom stereocenters. The molecule has 0 fully saturated rings. The zero-order valence-electron chi connectivity index (χ0n) is 12.6. The normalized spacial score (nSPS) is 14.5. The molecule has 2 heterocycles. The van der Waals surface area contributed by atoms with Crippen LogP contribution in [0.25, 0.3) is 0 Å². The third-order valence-electron chi connectivity index (χ3n) is 3.81. The number of aliphatic hydroxyl groups excluding tert-OH is 1. The van der Waals surface area contributed by atoms with Gasteiger partial charge in [0.05, 0.1) is 6.10 Å². The van der Waals surface area contributed by atoms with Crippen molar-refractivity contribution in [2.45, 2.75) is 19.1 Å². The first kappa shape index (κ1) is 19.0. The van der Waals surface area contributed by atoms with E-state index in [9.17, 15) is 9.90 Å². The van der Waals surface area contributed by atoms with Gasteiger partial charge in [0, 0.05) is 52.9 Å². The maximum Gasteiger partial charge on any atom is 0.272 e. The van der Waals surface area contributed by atoms with Crippen molar-refractivity contribution in [3.63, 3.8) is 0 Å². The zero-order chi connectivity index (χ0) is 16.4. The number of H-pyrrole nitrogens is 1. The highest BCUT2D eigenvalue weighted by Gasteiger charge is 2.23. The number of nitrogens with zero attached hydrogens (tertiary/aromatic N) is 1. The van der Waals surface area contributed by atoms with Crippen molar-refractivity contribution in [1.82, 2.24) is 20.8 Å². The largest absolute Gasteiger partial charge is 0.386 e. The Labute approximate surface area is 155 Å². The number of rotatable bonds is 4. The first-order chi connectivity index (χ1) is 11.1. The molecule has 0 aliphatic carbocycles. The standard InChI is InChI=1S/C15H16Cl2N4O2.ClH/c16-9-2-1-3-10(17)13(9)12(22)7-19-15(23)14-8-6-18-5-4-11(8)20-21-14;/h1-3,12,18,22H,4-7H2,(H,19,23)(H,20,21);1H. The number of carbonyl (C=O) groups excluding carboxylic acids is 1. The minimum absolute atomic E-state index is 0. The minimum Gasteiger partial charge on any atom is -0.386 e. The second kappa shape index (κ2) is 8.18. The van der Waals surface area contributed by atoms with Gasteiger partial charge in [-0.3, -0.25) is 9.89 Å². The molecule has 0 saturated carbocycles. The van der Waals surface area contributed by atoms with E-state index >= 15 is 0 Å². The van der Waals surface area contributed by atoms with Gasteiger partial charge in [-0.25, -0.2) is 0 Å². The van der Waals surface area contributed by atoms with Crippen molar-refractivity contribution in [2.24, 2.45) is 0 Å². The molecular weight excluding hydrogens is 375 g/mol. The predicted octanol–water partition coefficient (Wildman–Crippen LogP) is 2.25. The summed E-state index contributed by atoms with van der Waals surface area (Å²) < 4.78 is 0. The fraction of sp³-hybridized carbons (Fsp3) is 0.333. The Kier molecular flexibility index (Phi) is 6.48. The van der Waals surface area contributed by atoms with Crippen LogP contribution in [0, 0.1) is 0 Å². The van der Waals surface area contributed by atoms with Crippen molar-refractivity contribution < 1.29 is 9.90 Å². The summed E-state index contributed by atoms with van der Waals surface area (Å²) in [6, 6.07) is 4.98. The molecule has 24 heavy (non-hydrogen) atoms. The monoisotopic (exact) mass is 390 g/mol. The molecule has 9 heteroatoms. The highest BCUT2D eigenvalue weighted by Crippen LogP contribution is 2.29. The minimum atomic E-state index is -0.993. The fourth-order valence-electron chi connectivity index (χ4n) is 2.62. The number of amides is 1. The van der Waals surface area contributed by atoms with Crippen LogP contribution in [0.15, 0.2) is 18.2 Å². The number of carbonyl (C=O) groups is 1. The van der Waals surface area contributed by atoms with Crippen LogP contribution in [-0.4, -0.2) is 34.3 Å². The molecule has 1 amide bonds. The number of aromatic amines is 1. The number of halogens is 3. The van der Waals surface area contributed by atoms with Crippen LogP contribution in [0.1, 0.15) is 33.4 Å². The summed E-state index contributed by atoms with van der Waals surface area (Å²) in [6.45, 7) is 1.46. The van der Waals surface area contributed by atoms with E-state index in [4.69, 9.17) is 23.2 Å². The van der Waals surface area contributed by atoms with Crippen LogP contribution < -0.4 is 10.6 Å². The highest BCUT2D eigenvalue weighted by molar-refractivity contribution is 6.36. The predicted molar refractivity (Wildman–Crippen MR) is 95.0 cm³/mol. The van der Waals surface area contributed by atoms with Crippen LogP contribution in [0.5, 0.6) is 0 Å². The summed E-state index contributed by atoms with van der Waals surface area (Å²) in [7, 11) is 0. The number of fused-ring (bicyclic) bond motifs is 1. The number of aromatic nitrogens is 2. The quantitative estimate of drug-likeness (QED) is 0.643. The summed E-state index contributed by atoms with van der Waals surface area (Å²) in [5.74, 6) is -0.339. The average molecular weight is 392 g/mol. The van der Waals surface area contributed by atoms with Gasteiger partial charge in [0.15, 0.2) is 5.69 Å². The lowest BCUT2D eigenvalue weighted by Crippen LogP contribution is -2.31. The molecule has 1 aliphatic rings. The lowest BCUT2D eigenvalue weighted by Gasteiger charge is -2.16. The molecule has 130 valence electrons. The third-order valence-corrected chi connectivity index (χ3v) is 4.47. The lowest BCUT2D eigenvalue weighted by atomic mass is 10.1. The molecule has 3 rings (SSSR count). The smallest absolute Gasteiger partial charge is 0.272 e. The second-order valence-corrected chi connectivity index (χ2v) is 6.13. The van der Waals surface area contributed by atoms with E-state index in [1.54, 1.807) is 18.2 Å². The van der Waals surface area contributed by atoms with Gasteiger partial charge in [0.25, 0.3) is 5.91 Å². The van der Waals surface area contributed by atoms with Crippen molar-refractivity contribution in [1.29, 1.82) is 0 Å². The van der Waals surface area contributed by atoms with Crippen molar-refractivity contribution in [2.75, 3.05) is 13.1 Å². The number of hydrogen-bond acceptors (Lipinski definition) is 4. The number of aliphatic hydroxyl groups is 1.